The van der Waals surface area contributed by atoms with Crippen molar-refractivity contribution in [2.24, 2.45) is 0 Å². The summed E-state index contributed by atoms with van der Waals surface area (Å²) < 4.78 is 30.9. The van der Waals surface area contributed by atoms with E-state index >= 15 is 0 Å². The Kier molecular flexibility index (Phi) is 1.83. The predicted molar refractivity (Wildman–Crippen MR) is 42.2 cm³/mol. The van der Waals surface area contributed by atoms with Crippen LogP contribution < -0.4 is 4.74 Å². The van der Waals surface area contributed by atoms with Gasteiger partial charge in [-0.3, -0.25) is 10.1 Å². The van der Waals surface area contributed by atoms with Crippen LogP contribution in [-0.2, 0) is 6.42 Å². The number of nitro groups is 1. The van der Waals surface area contributed by atoms with Gasteiger partial charge in [0.15, 0.2) is 5.75 Å². The fraction of sp³-hybridized carbons (Fsp3) is 0.250. The van der Waals surface area contributed by atoms with E-state index in [4.69, 9.17) is 4.74 Å². The van der Waals surface area contributed by atoms with Gasteiger partial charge in [-0.15, -0.1) is 0 Å². The number of halogens is 2. The van der Waals surface area contributed by atoms with Gasteiger partial charge in [0.2, 0.25) is 11.6 Å². The summed E-state index contributed by atoms with van der Waals surface area (Å²) in [5, 5.41) is 10.3. The fourth-order valence-corrected chi connectivity index (χ4v) is 1.38. The van der Waals surface area contributed by atoms with E-state index in [2.05, 4.69) is 0 Å². The minimum atomic E-state index is -1.46. The molecular formula is C8H5F2NO3. The van der Waals surface area contributed by atoms with Crippen LogP contribution in [0.15, 0.2) is 6.07 Å². The van der Waals surface area contributed by atoms with E-state index in [1.54, 1.807) is 0 Å². The van der Waals surface area contributed by atoms with E-state index in [0.717, 1.165) is 6.07 Å². The molecule has 1 aromatic carbocycles. The van der Waals surface area contributed by atoms with Crippen molar-refractivity contribution < 1.29 is 18.4 Å². The van der Waals surface area contributed by atoms with Crippen molar-refractivity contribution >= 4 is 5.69 Å². The minimum Gasteiger partial charge on any atom is -0.490 e. The summed E-state index contributed by atoms with van der Waals surface area (Å²) in [4.78, 5) is 9.38. The zero-order chi connectivity index (χ0) is 10.3. The quantitative estimate of drug-likeness (QED) is 0.514. The van der Waals surface area contributed by atoms with E-state index in [0.29, 0.717) is 12.0 Å². The molecule has 0 aromatic heterocycles. The monoisotopic (exact) mass is 201 g/mol. The van der Waals surface area contributed by atoms with Gasteiger partial charge >= 0.3 is 5.69 Å². The van der Waals surface area contributed by atoms with Crippen molar-refractivity contribution in [2.75, 3.05) is 6.61 Å². The lowest BCUT2D eigenvalue weighted by atomic mass is 10.1. The molecule has 0 atom stereocenters. The third-order valence-corrected chi connectivity index (χ3v) is 2.03. The van der Waals surface area contributed by atoms with Gasteiger partial charge in [0.05, 0.1) is 11.5 Å². The average Bonchev–Trinajstić information content (AvgIpc) is 2.58. The Balaban J connectivity index is 2.67. The SMILES string of the molecule is O=[N+]([O-])c1cc2c(c(F)c1F)OCC2. The number of hydrogen-bond acceptors (Lipinski definition) is 3. The van der Waals surface area contributed by atoms with E-state index in [-0.39, 0.29) is 12.4 Å². The van der Waals surface area contributed by atoms with Crippen LogP contribution in [0.5, 0.6) is 5.75 Å². The lowest BCUT2D eigenvalue weighted by Gasteiger charge is -2.01. The van der Waals surface area contributed by atoms with E-state index in [1.165, 1.54) is 0 Å². The van der Waals surface area contributed by atoms with Gasteiger partial charge in [-0.1, -0.05) is 0 Å². The fourth-order valence-electron chi connectivity index (χ4n) is 1.38. The Morgan fingerprint density at radius 2 is 2.14 bits per heavy atom. The summed E-state index contributed by atoms with van der Waals surface area (Å²) in [5.74, 6) is -2.93. The van der Waals surface area contributed by atoms with Gasteiger partial charge < -0.3 is 4.74 Å². The molecule has 0 saturated heterocycles. The molecule has 74 valence electrons. The van der Waals surface area contributed by atoms with Crippen molar-refractivity contribution in [3.05, 3.63) is 33.4 Å². The smallest absolute Gasteiger partial charge is 0.308 e. The highest BCUT2D eigenvalue weighted by atomic mass is 19.2. The number of hydrogen-bond donors (Lipinski definition) is 0. The highest BCUT2D eigenvalue weighted by Gasteiger charge is 2.28. The molecule has 0 spiro atoms. The predicted octanol–water partition coefficient (Wildman–Crippen LogP) is 1.81. The van der Waals surface area contributed by atoms with Crippen molar-refractivity contribution in [3.8, 4) is 5.75 Å². The third-order valence-electron chi connectivity index (χ3n) is 2.03. The van der Waals surface area contributed by atoms with Crippen LogP contribution in [0, 0.1) is 21.7 Å². The summed E-state index contributed by atoms with van der Waals surface area (Å²) in [5.41, 5.74) is -0.498. The Morgan fingerprint density at radius 3 is 2.79 bits per heavy atom. The highest BCUT2D eigenvalue weighted by molar-refractivity contribution is 5.48. The molecule has 1 heterocycles. The summed E-state index contributed by atoms with van der Waals surface area (Å²) in [6, 6.07) is 1.01. The standard InChI is InChI=1S/C8H5F2NO3/c9-6-5(11(12)13)3-4-1-2-14-8(4)7(6)10/h3H,1-2H2. The number of rotatable bonds is 1. The second-order valence-corrected chi connectivity index (χ2v) is 2.87. The normalized spacial score (nSPS) is 13.6. The van der Waals surface area contributed by atoms with Gasteiger partial charge in [-0.05, 0) is 0 Å². The van der Waals surface area contributed by atoms with Crippen LogP contribution in [0.2, 0.25) is 0 Å². The largest absolute Gasteiger partial charge is 0.490 e. The molecule has 0 N–H and O–H groups in total. The van der Waals surface area contributed by atoms with E-state index < -0.39 is 22.2 Å². The molecular weight excluding hydrogens is 196 g/mol. The first kappa shape index (κ1) is 8.86. The Hall–Kier alpha value is -1.72. The van der Waals surface area contributed by atoms with Crippen LogP contribution >= 0.6 is 0 Å². The van der Waals surface area contributed by atoms with Gasteiger partial charge in [0, 0.05) is 18.1 Å². The Bertz CT molecular complexity index is 420. The zero-order valence-corrected chi connectivity index (χ0v) is 6.92. The summed E-state index contributed by atoms with van der Waals surface area (Å²) in [6.45, 7) is 0.229. The number of nitrogens with zero attached hydrogens (tertiary/aromatic N) is 1. The van der Waals surface area contributed by atoms with Crippen molar-refractivity contribution in [1.29, 1.82) is 0 Å². The maximum Gasteiger partial charge on any atom is 0.308 e. The second kappa shape index (κ2) is 2.90. The number of benzene rings is 1. The number of ether oxygens (including phenoxy) is 1. The van der Waals surface area contributed by atoms with Gasteiger partial charge in [0.25, 0.3) is 0 Å². The molecule has 0 amide bonds. The molecule has 1 aliphatic heterocycles. The zero-order valence-electron chi connectivity index (χ0n) is 6.92. The van der Waals surface area contributed by atoms with Crippen LogP contribution in [0.1, 0.15) is 5.56 Å². The molecule has 2 rings (SSSR count). The summed E-state index contributed by atoms with van der Waals surface area (Å²) in [6.07, 6.45) is 0.368. The van der Waals surface area contributed by atoms with Crippen molar-refractivity contribution in [3.63, 3.8) is 0 Å². The molecule has 14 heavy (non-hydrogen) atoms. The lowest BCUT2D eigenvalue weighted by molar-refractivity contribution is -0.387. The molecule has 0 aliphatic carbocycles. The molecule has 0 unspecified atom stereocenters. The maximum atomic E-state index is 13.1. The molecule has 1 aliphatic rings. The van der Waals surface area contributed by atoms with E-state index in [1.807, 2.05) is 0 Å². The average molecular weight is 201 g/mol. The van der Waals surface area contributed by atoms with Crippen molar-refractivity contribution in [1.82, 2.24) is 0 Å². The van der Waals surface area contributed by atoms with Crippen LogP contribution in [0.3, 0.4) is 0 Å². The number of nitro benzene ring substituents is 1. The first-order valence-electron chi connectivity index (χ1n) is 3.89. The van der Waals surface area contributed by atoms with Crippen LogP contribution in [0.4, 0.5) is 14.5 Å². The highest BCUT2D eigenvalue weighted by Crippen LogP contribution is 2.35. The van der Waals surface area contributed by atoms with Gasteiger partial charge in [-0.2, -0.15) is 8.78 Å². The first-order chi connectivity index (χ1) is 6.61. The topological polar surface area (TPSA) is 52.4 Å². The lowest BCUT2D eigenvalue weighted by Crippen LogP contribution is -1.98. The molecule has 0 fully saturated rings. The second-order valence-electron chi connectivity index (χ2n) is 2.87. The Morgan fingerprint density at radius 1 is 1.43 bits per heavy atom. The maximum absolute atomic E-state index is 13.1. The summed E-state index contributed by atoms with van der Waals surface area (Å²) in [7, 11) is 0. The van der Waals surface area contributed by atoms with E-state index in [9.17, 15) is 18.9 Å². The Labute approximate surface area is 77.3 Å². The van der Waals surface area contributed by atoms with Gasteiger partial charge in [0.1, 0.15) is 0 Å². The molecule has 1 aromatic rings. The molecule has 0 radical (unpaired) electrons. The van der Waals surface area contributed by atoms with Crippen molar-refractivity contribution in [2.45, 2.75) is 6.42 Å². The third kappa shape index (κ3) is 1.11. The first-order valence-corrected chi connectivity index (χ1v) is 3.89. The molecule has 6 heteroatoms. The minimum absolute atomic E-state index is 0.201. The molecule has 0 saturated carbocycles. The van der Waals surface area contributed by atoms with Crippen LogP contribution in [-0.4, -0.2) is 11.5 Å². The molecule has 0 bridgehead atoms. The van der Waals surface area contributed by atoms with Gasteiger partial charge in [-0.25, -0.2) is 0 Å². The number of fused-ring (bicyclic) bond motifs is 1. The van der Waals surface area contributed by atoms with Crippen LogP contribution in [0.25, 0.3) is 0 Å². The summed E-state index contributed by atoms with van der Waals surface area (Å²) >= 11 is 0. The molecule has 4 nitrogen and oxygen atoms in total.